The van der Waals surface area contributed by atoms with E-state index < -0.39 is 83.8 Å². The van der Waals surface area contributed by atoms with Crippen LogP contribution in [0.2, 0.25) is 0 Å². The fourth-order valence-corrected chi connectivity index (χ4v) is 6.48. The van der Waals surface area contributed by atoms with Gasteiger partial charge in [-0.05, 0) is 58.3 Å². The summed E-state index contributed by atoms with van der Waals surface area (Å²) < 4.78 is 11.6. The van der Waals surface area contributed by atoms with Gasteiger partial charge in [0.15, 0.2) is 0 Å². The predicted molar refractivity (Wildman–Crippen MR) is 190 cm³/mol. The molecule has 1 aliphatic carbocycles. The molecule has 0 bridgehead atoms. The molecule has 3 unspecified atom stereocenters. The summed E-state index contributed by atoms with van der Waals surface area (Å²) >= 11 is 0. The van der Waals surface area contributed by atoms with Crippen LogP contribution in [-0.2, 0) is 38.2 Å². The maximum Gasteiger partial charge on any atom is 0.407 e. The standard InChI is InChI=1S/C36H62N6O9/c1-8-10-17-26(31(37)45)39-28(43)19-38-33(47)30(44)25(14-9-2)40-32(46)27-18-24(51-36(5,6)7)20-42(27)34(48)29(23-15-12-11-13-16-23)41-35(49)50-21-22(3)4/h22-27,29H,8-21H2,1-7H3,(H2,37,45)(H,38,47)(H,39,43)(H,40,46)(H,41,49)/t24-,25?,26?,27+,29?/m1/s1. The number of carbonyl (C=O) groups excluding carboxylic acids is 7. The monoisotopic (exact) mass is 722 g/mol. The molecule has 15 nitrogen and oxygen atoms in total. The number of nitrogens with zero attached hydrogens (tertiary/aromatic N) is 1. The maximum atomic E-state index is 14.3. The number of ether oxygens (including phenoxy) is 2. The first kappa shape index (κ1) is 43.4. The second-order valence-corrected chi connectivity index (χ2v) is 15.2. The first-order valence-electron chi connectivity index (χ1n) is 18.6. The Balaban J connectivity index is 2.24. The first-order chi connectivity index (χ1) is 24.0. The fraction of sp³-hybridized carbons (Fsp3) is 0.806. The Labute approximate surface area is 302 Å². The Bertz CT molecular complexity index is 1210. The summed E-state index contributed by atoms with van der Waals surface area (Å²) in [6.45, 7) is 12.9. The molecule has 6 amide bonds. The molecule has 2 fully saturated rings. The topological polar surface area (TPSA) is 215 Å². The number of hydrogen-bond donors (Lipinski definition) is 5. The summed E-state index contributed by atoms with van der Waals surface area (Å²) in [5.74, 6) is -4.54. The number of carbonyl (C=O) groups is 7. The van der Waals surface area contributed by atoms with E-state index in [9.17, 15) is 33.6 Å². The summed E-state index contributed by atoms with van der Waals surface area (Å²) in [7, 11) is 0. The summed E-state index contributed by atoms with van der Waals surface area (Å²) in [5, 5.41) is 10.2. The third-order valence-electron chi connectivity index (χ3n) is 8.95. The highest BCUT2D eigenvalue weighted by Crippen LogP contribution is 2.31. The van der Waals surface area contributed by atoms with Crippen LogP contribution in [0.5, 0.6) is 0 Å². The normalized spacial score (nSPS) is 19.8. The van der Waals surface area contributed by atoms with Gasteiger partial charge >= 0.3 is 6.09 Å². The lowest BCUT2D eigenvalue weighted by Gasteiger charge is -2.34. The van der Waals surface area contributed by atoms with Crippen LogP contribution in [0.3, 0.4) is 0 Å². The smallest absolute Gasteiger partial charge is 0.407 e. The second kappa shape index (κ2) is 20.9. The molecule has 2 aliphatic rings. The SMILES string of the molecule is CCCCC(NC(=O)CNC(=O)C(=O)C(CCC)NC(=O)[C@@H]1C[C@@H](OC(C)(C)C)CN1C(=O)C(NC(=O)OCC(C)C)C1CCCCC1)C(N)=O. The zero-order chi connectivity index (χ0) is 38.3. The molecule has 290 valence electrons. The van der Waals surface area contributed by atoms with Gasteiger partial charge in [-0.25, -0.2) is 4.79 Å². The molecular weight excluding hydrogens is 660 g/mol. The third-order valence-corrected chi connectivity index (χ3v) is 8.95. The minimum absolute atomic E-state index is 0.0900. The number of nitrogens with one attached hydrogen (secondary N) is 4. The summed E-state index contributed by atoms with van der Waals surface area (Å²) in [6.07, 6.45) is 5.61. The minimum atomic E-state index is -1.23. The van der Waals surface area contributed by atoms with Crippen LogP contribution in [0.25, 0.3) is 0 Å². The molecular formula is C36H62N6O9. The zero-order valence-electron chi connectivity index (χ0n) is 31.6. The molecule has 0 aromatic rings. The number of hydrogen-bond acceptors (Lipinski definition) is 9. The van der Waals surface area contributed by atoms with Gasteiger partial charge in [-0.1, -0.05) is 66.2 Å². The van der Waals surface area contributed by atoms with E-state index in [1.165, 1.54) is 4.90 Å². The van der Waals surface area contributed by atoms with Crippen LogP contribution in [0.4, 0.5) is 4.79 Å². The highest BCUT2D eigenvalue weighted by Gasteiger charge is 2.46. The van der Waals surface area contributed by atoms with Crippen molar-refractivity contribution in [3.63, 3.8) is 0 Å². The fourth-order valence-electron chi connectivity index (χ4n) is 6.48. The Morgan fingerprint density at radius 2 is 1.55 bits per heavy atom. The summed E-state index contributed by atoms with van der Waals surface area (Å²) in [6, 6.07) is -4.10. The molecule has 51 heavy (non-hydrogen) atoms. The largest absolute Gasteiger partial charge is 0.449 e. The van der Waals surface area contributed by atoms with Crippen molar-refractivity contribution in [2.45, 2.75) is 155 Å². The molecule has 5 atom stereocenters. The number of unbranched alkanes of at least 4 members (excludes halogenated alkanes) is 1. The van der Waals surface area contributed by atoms with Crippen molar-refractivity contribution in [2.24, 2.45) is 17.6 Å². The van der Waals surface area contributed by atoms with E-state index in [0.29, 0.717) is 19.3 Å². The van der Waals surface area contributed by atoms with E-state index in [4.69, 9.17) is 15.2 Å². The number of likely N-dealkylation sites (tertiary alicyclic amines) is 1. The van der Waals surface area contributed by atoms with Gasteiger partial charge in [0.25, 0.3) is 5.91 Å². The highest BCUT2D eigenvalue weighted by molar-refractivity contribution is 6.38. The van der Waals surface area contributed by atoms with Gasteiger partial charge in [0, 0.05) is 13.0 Å². The number of ketones is 1. The molecule has 6 N–H and O–H groups in total. The second-order valence-electron chi connectivity index (χ2n) is 15.2. The van der Waals surface area contributed by atoms with Crippen molar-refractivity contribution < 1.29 is 43.0 Å². The van der Waals surface area contributed by atoms with E-state index in [2.05, 4.69) is 21.3 Å². The van der Waals surface area contributed by atoms with Gasteiger partial charge in [0.1, 0.15) is 18.1 Å². The van der Waals surface area contributed by atoms with Gasteiger partial charge < -0.3 is 41.4 Å². The minimum Gasteiger partial charge on any atom is -0.449 e. The van der Waals surface area contributed by atoms with Gasteiger partial charge in [0.2, 0.25) is 29.4 Å². The number of Topliss-reactive ketones (excluding diaryl/α,β-unsaturated/α-hetero) is 1. The van der Waals surface area contributed by atoms with Crippen molar-refractivity contribution in [1.82, 2.24) is 26.2 Å². The lowest BCUT2D eigenvalue weighted by Crippen LogP contribution is -2.58. The Morgan fingerprint density at radius 1 is 0.882 bits per heavy atom. The Kier molecular flexibility index (Phi) is 17.8. The van der Waals surface area contributed by atoms with E-state index >= 15 is 0 Å². The number of rotatable bonds is 19. The van der Waals surface area contributed by atoms with Crippen molar-refractivity contribution in [3.05, 3.63) is 0 Å². The van der Waals surface area contributed by atoms with Crippen molar-refractivity contribution >= 4 is 41.4 Å². The van der Waals surface area contributed by atoms with E-state index in [1.807, 2.05) is 41.5 Å². The quantitative estimate of drug-likeness (QED) is 0.123. The van der Waals surface area contributed by atoms with Crippen LogP contribution in [0.15, 0.2) is 0 Å². The van der Waals surface area contributed by atoms with Crippen molar-refractivity contribution in [1.29, 1.82) is 0 Å². The van der Waals surface area contributed by atoms with Gasteiger partial charge in [-0.15, -0.1) is 0 Å². The lowest BCUT2D eigenvalue weighted by molar-refractivity contribution is -0.143. The Morgan fingerprint density at radius 3 is 2.12 bits per heavy atom. The molecule has 0 aromatic heterocycles. The molecule has 1 saturated carbocycles. The molecule has 1 aliphatic heterocycles. The molecule has 0 radical (unpaired) electrons. The zero-order valence-corrected chi connectivity index (χ0v) is 31.6. The number of primary amides is 1. The molecule has 2 rings (SSSR count). The maximum absolute atomic E-state index is 14.3. The highest BCUT2D eigenvalue weighted by atomic mass is 16.5. The molecule has 0 aromatic carbocycles. The van der Waals surface area contributed by atoms with Crippen LogP contribution in [0.1, 0.15) is 119 Å². The lowest BCUT2D eigenvalue weighted by atomic mass is 9.83. The average Bonchev–Trinajstić information content (AvgIpc) is 3.48. The van der Waals surface area contributed by atoms with Crippen LogP contribution in [-0.4, -0.2) is 102 Å². The predicted octanol–water partition coefficient (Wildman–Crippen LogP) is 2.23. The number of nitrogens with two attached hydrogens (primary N) is 1. The van der Waals surface area contributed by atoms with Crippen molar-refractivity contribution in [3.8, 4) is 0 Å². The third kappa shape index (κ3) is 14.8. The molecule has 1 heterocycles. The average molecular weight is 723 g/mol. The number of alkyl carbamates (subject to hydrolysis) is 1. The van der Waals surface area contributed by atoms with Crippen LogP contribution >= 0.6 is 0 Å². The summed E-state index contributed by atoms with van der Waals surface area (Å²) in [4.78, 5) is 92.8. The van der Waals surface area contributed by atoms with E-state index in [1.54, 1.807) is 6.92 Å². The first-order valence-corrected chi connectivity index (χ1v) is 18.6. The van der Waals surface area contributed by atoms with Gasteiger partial charge in [-0.3, -0.25) is 28.8 Å². The summed E-state index contributed by atoms with van der Waals surface area (Å²) in [5.41, 5.74) is 4.80. The molecule has 1 saturated heterocycles. The van der Waals surface area contributed by atoms with Gasteiger partial charge in [0.05, 0.1) is 30.9 Å². The van der Waals surface area contributed by atoms with Gasteiger partial charge in [-0.2, -0.15) is 0 Å². The van der Waals surface area contributed by atoms with Crippen molar-refractivity contribution in [2.75, 3.05) is 19.7 Å². The van der Waals surface area contributed by atoms with E-state index in [-0.39, 0.29) is 37.8 Å². The molecule has 15 heteroatoms. The molecule has 0 spiro atoms. The van der Waals surface area contributed by atoms with E-state index in [0.717, 1.165) is 38.5 Å². The Hall–Kier alpha value is -3.75. The number of amides is 6. The van der Waals surface area contributed by atoms with Crippen LogP contribution in [0, 0.1) is 11.8 Å². The van der Waals surface area contributed by atoms with Crippen LogP contribution < -0.4 is 27.0 Å².